The van der Waals surface area contributed by atoms with Crippen LogP contribution in [0.2, 0.25) is 0 Å². The molecule has 1 N–H and O–H groups in total. The maximum atomic E-state index is 4.76. The van der Waals surface area contributed by atoms with Crippen molar-refractivity contribution in [1.82, 2.24) is 20.1 Å². The van der Waals surface area contributed by atoms with Gasteiger partial charge in [0.05, 0.1) is 6.04 Å². The van der Waals surface area contributed by atoms with Gasteiger partial charge in [0.25, 0.3) is 0 Å². The largest absolute Gasteiger partial charge is 0.312 e. The van der Waals surface area contributed by atoms with E-state index in [2.05, 4.69) is 35.8 Å². The molecule has 0 radical (unpaired) electrons. The Labute approximate surface area is 117 Å². The fraction of sp³-hybridized carbons (Fsp3) is 0.867. The molecule has 19 heavy (non-hydrogen) atoms. The number of rotatable bonds is 5. The Hall–Kier alpha value is -0.900. The SMILES string of the molecule is CCNC1CCCCCC1n1nc(CC)nc1CC. The lowest BCUT2D eigenvalue weighted by Gasteiger charge is -2.27. The average Bonchev–Trinajstić information content (AvgIpc) is 2.72. The van der Waals surface area contributed by atoms with Crippen LogP contribution in [-0.2, 0) is 12.8 Å². The highest BCUT2D eigenvalue weighted by Gasteiger charge is 2.27. The molecule has 2 rings (SSSR count). The summed E-state index contributed by atoms with van der Waals surface area (Å²) in [5.74, 6) is 2.16. The van der Waals surface area contributed by atoms with Crippen molar-refractivity contribution in [1.29, 1.82) is 0 Å². The first-order valence-corrected chi connectivity index (χ1v) is 7.97. The van der Waals surface area contributed by atoms with E-state index in [1.807, 2.05) is 0 Å². The summed E-state index contributed by atoms with van der Waals surface area (Å²) in [6.45, 7) is 7.55. The predicted octanol–water partition coefficient (Wildman–Crippen LogP) is 2.89. The summed E-state index contributed by atoms with van der Waals surface area (Å²) < 4.78 is 2.23. The number of likely N-dealkylation sites (N-methyl/N-ethyl adjacent to an activating group) is 1. The smallest absolute Gasteiger partial charge is 0.150 e. The fourth-order valence-electron chi connectivity index (χ4n) is 3.14. The van der Waals surface area contributed by atoms with Crippen LogP contribution in [0.5, 0.6) is 0 Å². The van der Waals surface area contributed by atoms with Crippen molar-refractivity contribution in [2.75, 3.05) is 6.54 Å². The molecule has 0 aliphatic heterocycles. The van der Waals surface area contributed by atoms with Crippen LogP contribution in [0.25, 0.3) is 0 Å². The molecule has 0 amide bonds. The van der Waals surface area contributed by atoms with Crippen LogP contribution in [0.3, 0.4) is 0 Å². The third-order valence-electron chi connectivity index (χ3n) is 4.14. The van der Waals surface area contributed by atoms with Gasteiger partial charge in [-0.15, -0.1) is 0 Å². The van der Waals surface area contributed by atoms with Crippen LogP contribution < -0.4 is 5.32 Å². The molecule has 1 aliphatic carbocycles. The fourth-order valence-corrected chi connectivity index (χ4v) is 3.14. The predicted molar refractivity (Wildman–Crippen MR) is 78.4 cm³/mol. The second-order valence-corrected chi connectivity index (χ2v) is 5.47. The van der Waals surface area contributed by atoms with E-state index in [0.717, 1.165) is 31.0 Å². The van der Waals surface area contributed by atoms with E-state index in [0.29, 0.717) is 12.1 Å². The molecule has 1 aromatic rings. The molecular weight excluding hydrogens is 236 g/mol. The van der Waals surface area contributed by atoms with Gasteiger partial charge in [-0.2, -0.15) is 5.10 Å². The van der Waals surface area contributed by atoms with Crippen LogP contribution in [0.4, 0.5) is 0 Å². The van der Waals surface area contributed by atoms with Gasteiger partial charge >= 0.3 is 0 Å². The molecule has 0 aromatic carbocycles. The van der Waals surface area contributed by atoms with Crippen LogP contribution in [0.1, 0.15) is 70.6 Å². The summed E-state index contributed by atoms with van der Waals surface area (Å²) in [5, 5.41) is 8.43. The zero-order chi connectivity index (χ0) is 13.7. The standard InChI is InChI=1S/C15H28N4/c1-4-14-17-15(5-2)19(18-14)13-11-9-7-8-10-12(13)16-6-3/h12-13,16H,4-11H2,1-3H3. The Morgan fingerprint density at radius 3 is 2.58 bits per heavy atom. The van der Waals surface area contributed by atoms with Crippen LogP contribution in [-0.4, -0.2) is 27.4 Å². The van der Waals surface area contributed by atoms with Gasteiger partial charge in [-0.3, -0.25) is 0 Å². The molecule has 2 atom stereocenters. The van der Waals surface area contributed by atoms with E-state index in [1.165, 1.54) is 32.1 Å². The quantitative estimate of drug-likeness (QED) is 0.832. The first-order valence-electron chi connectivity index (χ1n) is 7.97. The van der Waals surface area contributed by atoms with Gasteiger partial charge in [0.15, 0.2) is 5.82 Å². The summed E-state index contributed by atoms with van der Waals surface area (Å²) in [4.78, 5) is 4.67. The molecule has 1 fully saturated rings. The maximum Gasteiger partial charge on any atom is 0.150 e. The van der Waals surface area contributed by atoms with E-state index in [-0.39, 0.29) is 0 Å². The number of aryl methyl sites for hydroxylation is 2. The summed E-state index contributed by atoms with van der Waals surface area (Å²) in [5.41, 5.74) is 0. The Balaban J connectivity index is 2.26. The van der Waals surface area contributed by atoms with Crippen LogP contribution in [0, 0.1) is 0 Å². The molecule has 1 saturated carbocycles. The topological polar surface area (TPSA) is 42.7 Å². The van der Waals surface area contributed by atoms with Gasteiger partial charge in [0.2, 0.25) is 0 Å². The molecule has 1 heterocycles. The average molecular weight is 264 g/mol. The van der Waals surface area contributed by atoms with Crippen molar-refractivity contribution < 1.29 is 0 Å². The molecule has 0 bridgehead atoms. The minimum absolute atomic E-state index is 0.491. The number of aromatic nitrogens is 3. The highest BCUT2D eigenvalue weighted by Crippen LogP contribution is 2.28. The minimum Gasteiger partial charge on any atom is -0.312 e. The summed E-state index contributed by atoms with van der Waals surface area (Å²) in [6, 6.07) is 1.05. The van der Waals surface area contributed by atoms with E-state index in [9.17, 15) is 0 Å². The molecular formula is C15H28N4. The highest BCUT2D eigenvalue weighted by molar-refractivity contribution is 4.97. The van der Waals surface area contributed by atoms with Crippen molar-refractivity contribution in [3.8, 4) is 0 Å². The van der Waals surface area contributed by atoms with Crippen LogP contribution in [0.15, 0.2) is 0 Å². The van der Waals surface area contributed by atoms with Gasteiger partial charge in [-0.05, 0) is 19.4 Å². The Morgan fingerprint density at radius 1 is 1.11 bits per heavy atom. The maximum absolute atomic E-state index is 4.76. The molecule has 2 unspecified atom stereocenters. The molecule has 4 nitrogen and oxygen atoms in total. The van der Waals surface area contributed by atoms with Crippen molar-refractivity contribution in [3.63, 3.8) is 0 Å². The number of nitrogens with zero attached hydrogens (tertiary/aromatic N) is 3. The zero-order valence-electron chi connectivity index (χ0n) is 12.7. The molecule has 108 valence electrons. The normalized spacial score (nSPS) is 24.4. The Bertz CT molecular complexity index is 385. The highest BCUT2D eigenvalue weighted by atomic mass is 15.4. The van der Waals surface area contributed by atoms with Crippen molar-refractivity contribution in [2.24, 2.45) is 0 Å². The Kier molecular flexibility index (Phi) is 5.37. The van der Waals surface area contributed by atoms with Crippen molar-refractivity contribution in [3.05, 3.63) is 11.6 Å². The van der Waals surface area contributed by atoms with Gasteiger partial charge in [-0.1, -0.05) is 40.0 Å². The second kappa shape index (κ2) is 7.04. The summed E-state index contributed by atoms with van der Waals surface area (Å²) in [7, 11) is 0. The number of hydrogen-bond donors (Lipinski definition) is 1. The summed E-state index contributed by atoms with van der Waals surface area (Å²) >= 11 is 0. The number of hydrogen-bond acceptors (Lipinski definition) is 3. The first kappa shape index (κ1) is 14.5. The lowest BCUT2D eigenvalue weighted by molar-refractivity contribution is 0.305. The first-order chi connectivity index (χ1) is 9.30. The van der Waals surface area contributed by atoms with E-state index < -0.39 is 0 Å². The lowest BCUT2D eigenvalue weighted by Crippen LogP contribution is -2.38. The molecule has 0 spiro atoms. The third-order valence-corrected chi connectivity index (χ3v) is 4.14. The number of nitrogens with one attached hydrogen (secondary N) is 1. The van der Waals surface area contributed by atoms with E-state index in [1.54, 1.807) is 0 Å². The minimum atomic E-state index is 0.491. The van der Waals surface area contributed by atoms with Gasteiger partial charge in [0.1, 0.15) is 5.82 Å². The third kappa shape index (κ3) is 3.35. The van der Waals surface area contributed by atoms with E-state index >= 15 is 0 Å². The Morgan fingerprint density at radius 2 is 1.89 bits per heavy atom. The zero-order valence-corrected chi connectivity index (χ0v) is 12.7. The second-order valence-electron chi connectivity index (χ2n) is 5.47. The van der Waals surface area contributed by atoms with Crippen molar-refractivity contribution in [2.45, 2.75) is 77.8 Å². The van der Waals surface area contributed by atoms with Gasteiger partial charge < -0.3 is 5.32 Å². The van der Waals surface area contributed by atoms with E-state index in [4.69, 9.17) is 5.10 Å². The van der Waals surface area contributed by atoms with Crippen molar-refractivity contribution >= 4 is 0 Å². The summed E-state index contributed by atoms with van der Waals surface area (Å²) in [6.07, 6.45) is 8.41. The van der Waals surface area contributed by atoms with Crippen LogP contribution >= 0.6 is 0 Å². The monoisotopic (exact) mass is 264 g/mol. The van der Waals surface area contributed by atoms with Gasteiger partial charge in [-0.25, -0.2) is 9.67 Å². The molecule has 1 aliphatic rings. The molecule has 4 heteroatoms. The molecule has 1 aromatic heterocycles. The lowest BCUT2D eigenvalue weighted by atomic mass is 10.0. The van der Waals surface area contributed by atoms with Gasteiger partial charge in [0, 0.05) is 18.9 Å². The molecule has 0 saturated heterocycles.